The zero-order valence-electron chi connectivity index (χ0n) is 10.6. The highest BCUT2D eigenvalue weighted by atomic mass is 28.3. The summed E-state index contributed by atoms with van der Waals surface area (Å²) in [4.78, 5) is 3.62. The molecule has 2 aromatic carbocycles. The maximum atomic E-state index is 3.62. The van der Waals surface area contributed by atoms with E-state index in [9.17, 15) is 0 Å². The second-order valence-electron chi connectivity index (χ2n) is 5.59. The highest BCUT2D eigenvalue weighted by molar-refractivity contribution is 7.05. The van der Waals surface area contributed by atoms with Gasteiger partial charge < -0.3 is 4.98 Å². The standard InChI is InChI=1S/C16H15NSi/c1-18(2)14-10-6-4-8-12(14)15-16(18)11-7-3-5-9-13(11)17-15/h3-10,17H,1-2H3. The second kappa shape index (κ2) is 3.15. The molecule has 4 rings (SSSR count). The summed E-state index contributed by atoms with van der Waals surface area (Å²) in [6.45, 7) is 4.91. The molecule has 2 heterocycles. The van der Waals surface area contributed by atoms with E-state index in [2.05, 4.69) is 66.6 Å². The van der Waals surface area contributed by atoms with E-state index in [-0.39, 0.29) is 0 Å². The molecule has 18 heavy (non-hydrogen) atoms. The molecule has 1 aliphatic heterocycles. The highest BCUT2D eigenvalue weighted by Gasteiger charge is 2.39. The number of rotatable bonds is 0. The normalized spacial score (nSPS) is 15.7. The van der Waals surface area contributed by atoms with E-state index in [1.165, 1.54) is 22.2 Å². The predicted octanol–water partition coefficient (Wildman–Crippen LogP) is 2.97. The minimum Gasteiger partial charge on any atom is -0.355 e. The maximum absolute atomic E-state index is 3.62. The van der Waals surface area contributed by atoms with Gasteiger partial charge in [-0.2, -0.15) is 0 Å². The molecule has 0 radical (unpaired) electrons. The number of hydrogen-bond donors (Lipinski definition) is 1. The van der Waals surface area contributed by atoms with Crippen molar-refractivity contribution in [3.05, 3.63) is 48.5 Å². The number of nitrogens with one attached hydrogen (secondary N) is 1. The van der Waals surface area contributed by atoms with Gasteiger partial charge in [-0.25, -0.2) is 0 Å². The van der Waals surface area contributed by atoms with E-state index in [0.29, 0.717) is 0 Å². The van der Waals surface area contributed by atoms with Gasteiger partial charge in [0.05, 0.1) is 0 Å². The van der Waals surface area contributed by atoms with Gasteiger partial charge in [0, 0.05) is 11.2 Å². The molecule has 0 spiro atoms. The van der Waals surface area contributed by atoms with Crippen LogP contribution in [0.3, 0.4) is 0 Å². The van der Waals surface area contributed by atoms with Crippen LogP contribution in [0.25, 0.3) is 22.2 Å². The van der Waals surface area contributed by atoms with E-state index in [1.54, 1.807) is 10.4 Å². The molecule has 0 amide bonds. The zero-order valence-corrected chi connectivity index (χ0v) is 11.6. The number of aromatic amines is 1. The van der Waals surface area contributed by atoms with Crippen LogP contribution < -0.4 is 10.4 Å². The SMILES string of the molecule is C[Si]1(C)c2ccccc2-c2[nH]c3ccccc3c21. The van der Waals surface area contributed by atoms with Gasteiger partial charge in [-0.15, -0.1) is 0 Å². The largest absolute Gasteiger partial charge is 0.355 e. The van der Waals surface area contributed by atoms with Crippen molar-refractivity contribution in [2.75, 3.05) is 0 Å². The molecule has 0 saturated carbocycles. The zero-order chi connectivity index (χ0) is 12.3. The molecule has 0 fully saturated rings. The second-order valence-corrected chi connectivity index (χ2v) is 9.88. The molecule has 0 atom stereocenters. The lowest BCUT2D eigenvalue weighted by molar-refractivity contribution is 1.48. The van der Waals surface area contributed by atoms with Crippen molar-refractivity contribution in [2.45, 2.75) is 13.1 Å². The fourth-order valence-electron chi connectivity index (χ4n) is 3.37. The van der Waals surface area contributed by atoms with Gasteiger partial charge in [0.1, 0.15) is 8.07 Å². The molecule has 1 nitrogen and oxygen atoms in total. The molecule has 3 aromatic rings. The van der Waals surface area contributed by atoms with Crippen LogP contribution in [0.5, 0.6) is 0 Å². The summed E-state index contributed by atoms with van der Waals surface area (Å²) in [6, 6.07) is 17.6. The lowest BCUT2D eigenvalue weighted by Gasteiger charge is -2.18. The molecule has 1 aliphatic rings. The minimum absolute atomic E-state index is 1.28. The van der Waals surface area contributed by atoms with Crippen molar-refractivity contribution in [1.29, 1.82) is 0 Å². The molecule has 0 unspecified atom stereocenters. The number of H-pyrrole nitrogens is 1. The van der Waals surface area contributed by atoms with Crippen LogP contribution in [0.2, 0.25) is 13.1 Å². The van der Waals surface area contributed by atoms with E-state index in [0.717, 1.165) is 0 Å². The van der Waals surface area contributed by atoms with Crippen LogP contribution in [-0.4, -0.2) is 13.1 Å². The summed E-state index contributed by atoms with van der Waals surface area (Å²) >= 11 is 0. The Balaban J connectivity index is 2.20. The molecule has 0 bridgehead atoms. The highest BCUT2D eigenvalue weighted by Crippen LogP contribution is 2.31. The van der Waals surface area contributed by atoms with Crippen molar-refractivity contribution < 1.29 is 0 Å². The average Bonchev–Trinajstić information content (AvgIpc) is 2.86. The third-order valence-electron chi connectivity index (χ3n) is 4.20. The lowest BCUT2D eigenvalue weighted by atomic mass is 10.1. The number of para-hydroxylation sites is 1. The number of benzene rings is 2. The monoisotopic (exact) mass is 249 g/mol. The first-order valence-electron chi connectivity index (χ1n) is 6.40. The Bertz CT molecular complexity index is 768. The van der Waals surface area contributed by atoms with Crippen LogP contribution in [0, 0.1) is 0 Å². The van der Waals surface area contributed by atoms with Crippen LogP contribution in [-0.2, 0) is 0 Å². The summed E-state index contributed by atoms with van der Waals surface area (Å²) in [5, 5.41) is 4.57. The number of aromatic nitrogens is 1. The van der Waals surface area contributed by atoms with E-state index in [1.807, 2.05) is 0 Å². The maximum Gasteiger partial charge on any atom is 0.116 e. The van der Waals surface area contributed by atoms with Gasteiger partial charge in [0.15, 0.2) is 0 Å². The fourth-order valence-corrected chi connectivity index (χ4v) is 6.75. The lowest BCUT2D eigenvalue weighted by Crippen LogP contribution is -2.49. The third-order valence-corrected chi connectivity index (χ3v) is 7.75. The Morgan fingerprint density at radius 3 is 2.50 bits per heavy atom. The molecule has 2 heteroatoms. The van der Waals surface area contributed by atoms with E-state index < -0.39 is 8.07 Å². The fraction of sp³-hybridized carbons (Fsp3) is 0.125. The Kier molecular flexibility index (Phi) is 1.77. The predicted molar refractivity (Wildman–Crippen MR) is 80.5 cm³/mol. The van der Waals surface area contributed by atoms with E-state index >= 15 is 0 Å². The summed E-state index contributed by atoms with van der Waals surface area (Å²) in [7, 11) is -1.52. The summed E-state index contributed by atoms with van der Waals surface area (Å²) in [6.07, 6.45) is 0. The number of fused-ring (bicyclic) bond motifs is 5. The molecular weight excluding hydrogens is 234 g/mol. The average molecular weight is 249 g/mol. The molecular formula is C16H15NSi. The smallest absolute Gasteiger partial charge is 0.116 e. The Morgan fingerprint density at radius 2 is 1.61 bits per heavy atom. The van der Waals surface area contributed by atoms with Crippen molar-refractivity contribution in [1.82, 2.24) is 4.98 Å². The third kappa shape index (κ3) is 1.06. The molecule has 0 aliphatic carbocycles. The summed E-state index contributed by atoms with van der Waals surface area (Å²) in [5.74, 6) is 0. The van der Waals surface area contributed by atoms with Gasteiger partial charge in [0.2, 0.25) is 0 Å². The van der Waals surface area contributed by atoms with Crippen LogP contribution in [0.15, 0.2) is 48.5 Å². The van der Waals surface area contributed by atoms with Gasteiger partial charge in [-0.3, -0.25) is 0 Å². The topological polar surface area (TPSA) is 15.8 Å². The van der Waals surface area contributed by atoms with Crippen molar-refractivity contribution in [3.8, 4) is 11.3 Å². The van der Waals surface area contributed by atoms with Crippen LogP contribution >= 0.6 is 0 Å². The van der Waals surface area contributed by atoms with Crippen molar-refractivity contribution in [2.24, 2.45) is 0 Å². The summed E-state index contributed by atoms with van der Waals surface area (Å²) < 4.78 is 0. The molecule has 0 saturated heterocycles. The first-order chi connectivity index (χ1) is 8.69. The van der Waals surface area contributed by atoms with Gasteiger partial charge in [0.25, 0.3) is 0 Å². The van der Waals surface area contributed by atoms with Crippen LogP contribution in [0.1, 0.15) is 0 Å². The number of hydrogen-bond acceptors (Lipinski definition) is 0. The van der Waals surface area contributed by atoms with Gasteiger partial charge in [-0.1, -0.05) is 55.6 Å². The van der Waals surface area contributed by atoms with Gasteiger partial charge >= 0.3 is 0 Å². The minimum atomic E-state index is -1.52. The van der Waals surface area contributed by atoms with Crippen molar-refractivity contribution >= 4 is 29.4 Å². The summed E-state index contributed by atoms with van der Waals surface area (Å²) in [5.41, 5.74) is 4.06. The first kappa shape index (κ1) is 10.2. The Labute approximate surface area is 107 Å². The molecule has 88 valence electrons. The van der Waals surface area contributed by atoms with E-state index in [4.69, 9.17) is 0 Å². The molecule has 1 N–H and O–H groups in total. The quantitative estimate of drug-likeness (QED) is 0.590. The van der Waals surface area contributed by atoms with Crippen molar-refractivity contribution in [3.63, 3.8) is 0 Å². The first-order valence-corrected chi connectivity index (χ1v) is 9.40. The Hall–Kier alpha value is -1.80. The van der Waals surface area contributed by atoms with Gasteiger partial charge in [-0.05, 0) is 27.4 Å². The Morgan fingerprint density at radius 1 is 0.889 bits per heavy atom. The molecule has 1 aromatic heterocycles. The van der Waals surface area contributed by atoms with Crippen LogP contribution in [0.4, 0.5) is 0 Å².